The van der Waals surface area contributed by atoms with E-state index in [2.05, 4.69) is 5.32 Å². The Morgan fingerprint density at radius 1 is 1.14 bits per heavy atom. The summed E-state index contributed by atoms with van der Waals surface area (Å²) in [4.78, 5) is 29.3. The second-order valence-corrected chi connectivity index (χ2v) is 7.41. The van der Waals surface area contributed by atoms with Gasteiger partial charge < -0.3 is 19.9 Å². The molecule has 0 radical (unpaired) electrons. The molecule has 1 fully saturated rings. The lowest BCUT2D eigenvalue weighted by Gasteiger charge is -2.25. The average Bonchev–Trinajstić information content (AvgIpc) is 3.19. The molecular formula is C23H29N3O3. The Bertz CT molecular complexity index is 840. The highest BCUT2D eigenvalue weighted by atomic mass is 16.5. The molecule has 1 aliphatic heterocycles. The van der Waals surface area contributed by atoms with Gasteiger partial charge in [0.2, 0.25) is 5.91 Å². The molecule has 1 N–H and O–H groups in total. The Balaban J connectivity index is 1.83. The molecule has 0 aromatic heterocycles. The third-order valence-corrected chi connectivity index (χ3v) is 5.41. The Kier molecular flexibility index (Phi) is 6.75. The SMILES string of the molecule is CCNC(=O)N1CC(C(=O)N(C)Cc2ccccc2)C(c2cccc(OC)c2)C1. The van der Waals surface area contributed by atoms with Gasteiger partial charge in [-0.2, -0.15) is 0 Å². The summed E-state index contributed by atoms with van der Waals surface area (Å²) in [6.45, 7) is 3.91. The number of amides is 3. The van der Waals surface area contributed by atoms with Crippen molar-refractivity contribution in [2.75, 3.05) is 33.8 Å². The summed E-state index contributed by atoms with van der Waals surface area (Å²) < 4.78 is 5.36. The highest BCUT2D eigenvalue weighted by Crippen LogP contribution is 2.35. The van der Waals surface area contributed by atoms with Crippen LogP contribution in [0.15, 0.2) is 54.6 Å². The van der Waals surface area contributed by atoms with Crippen LogP contribution < -0.4 is 10.1 Å². The number of rotatable bonds is 6. The minimum atomic E-state index is -0.293. The van der Waals surface area contributed by atoms with Crippen molar-refractivity contribution in [1.82, 2.24) is 15.1 Å². The van der Waals surface area contributed by atoms with Crippen LogP contribution in [0.5, 0.6) is 5.75 Å². The summed E-state index contributed by atoms with van der Waals surface area (Å²) in [6, 6.07) is 17.6. The highest BCUT2D eigenvalue weighted by Gasteiger charge is 2.41. The second kappa shape index (κ2) is 9.45. The van der Waals surface area contributed by atoms with Gasteiger partial charge in [0.1, 0.15) is 5.75 Å². The molecule has 1 saturated heterocycles. The van der Waals surface area contributed by atoms with Crippen LogP contribution in [0.1, 0.15) is 24.0 Å². The monoisotopic (exact) mass is 395 g/mol. The zero-order chi connectivity index (χ0) is 20.8. The van der Waals surface area contributed by atoms with E-state index in [-0.39, 0.29) is 23.8 Å². The summed E-state index contributed by atoms with van der Waals surface area (Å²) in [5.41, 5.74) is 2.10. The summed E-state index contributed by atoms with van der Waals surface area (Å²) in [7, 11) is 3.46. The van der Waals surface area contributed by atoms with Crippen LogP contribution in [0.25, 0.3) is 0 Å². The number of hydrogen-bond donors (Lipinski definition) is 1. The summed E-state index contributed by atoms with van der Waals surface area (Å²) >= 11 is 0. The lowest BCUT2D eigenvalue weighted by atomic mass is 9.88. The second-order valence-electron chi connectivity index (χ2n) is 7.41. The van der Waals surface area contributed by atoms with Gasteiger partial charge in [0.15, 0.2) is 0 Å². The fourth-order valence-corrected chi connectivity index (χ4v) is 3.91. The highest BCUT2D eigenvalue weighted by molar-refractivity contribution is 5.83. The Morgan fingerprint density at radius 3 is 2.59 bits per heavy atom. The molecule has 1 heterocycles. The molecule has 154 valence electrons. The van der Waals surface area contributed by atoms with Crippen molar-refractivity contribution < 1.29 is 14.3 Å². The standard InChI is InChI=1S/C23H29N3O3/c1-4-24-23(28)26-15-20(18-11-8-12-19(13-18)29-3)21(16-26)22(27)25(2)14-17-9-6-5-7-10-17/h5-13,20-21H,4,14-16H2,1-3H3,(H,24,28). The molecule has 6 heteroatoms. The van der Waals surface area contributed by atoms with Crippen molar-refractivity contribution in [3.8, 4) is 5.75 Å². The first kappa shape index (κ1) is 20.7. The van der Waals surface area contributed by atoms with Crippen LogP contribution in [0, 0.1) is 5.92 Å². The molecule has 2 unspecified atom stereocenters. The van der Waals surface area contributed by atoms with Crippen LogP contribution in [0.2, 0.25) is 0 Å². The number of benzene rings is 2. The largest absolute Gasteiger partial charge is 0.497 e. The van der Waals surface area contributed by atoms with Crippen LogP contribution in [-0.2, 0) is 11.3 Å². The van der Waals surface area contributed by atoms with E-state index < -0.39 is 0 Å². The molecule has 29 heavy (non-hydrogen) atoms. The third kappa shape index (κ3) is 4.88. The maximum Gasteiger partial charge on any atom is 0.317 e. The molecular weight excluding hydrogens is 366 g/mol. The molecule has 3 rings (SSSR count). The summed E-state index contributed by atoms with van der Waals surface area (Å²) in [5.74, 6) is 0.438. The van der Waals surface area contributed by atoms with Gasteiger partial charge >= 0.3 is 6.03 Å². The van der Waals surface area contributed by atoms with Crippen LogP contribution in [0.3, 0.4) is 0 Å². The molecule has 6 nitrogen and oxygen atoms in total. The summed E-state index contributed by atoms with van der Waals surface area (Å²) in [5, 5.41) is 2.85. The number of methoxy groups -OCH3 is 1. The third-order valence-electron chi connectivity index (χ3n) is 5.41. The first-order valence-electron chi connectivity index (χ1n) is 9.99. The lowest BCUT2D eigenvalue weighted by molar-refractivity contribution is -0.134. The predicted molar refractivity (Wildman–Crippen MR) is 113 cm³/mol. The number of likely N-dealkylation sites (tertiary alicyclic amines) is 1. The van der Waals surface area contributed by atoms with E-state index in [1.54, 1.807) is 16.9 Å². The van der Waals surface area contributed by atoms with E-state index in [9.17, 15) is 9.59 Å². The predicted octanol–water partition coefficient (Wildman–Crippen LogP) is 3.10. The quantitative estimate of drug-likeness (QED) is 0.818. The van der Waals surface area contributed by atoms with Gasteiger partial charge in [0, 0.05) is 39.1 Å². The van der Waals surface area contributed by atoms with Gasteiger partial charge in [-0.05, 0) is 30.2 Å². The average molecular weight is 396 g/mol. The topological polar surface area (TPSA) is 61.9 Å². The smallest absolute Gasteiger partial charge is 0.317 e. The first-order valence-corrected chi connectivity index (χ1v) is 9.99. The van der Waals surface area contributed by atoms with Crippen LogP contribution in [0.4, 0.5) is 4.79 Å². The number of nitrogens with one attached hydrogen (secondary N) is 1. The number of urea groups is 1. The summed E-state index contributed by atoms with van der Waals surface area (Å²) in [6.07, 6.45) is 0. The molecule has 0 bridgehead atoms. The van der Waals surface area contributed by atoms with E-state index in [1.807, 2.05) is 68.6 Å². The maximum atomic E-state index is 13.4. The van der Waals surface area contributed by atoms with Crippen LogP contribution >= 0.6 is 0 Å². The zero-order valence-electron chi connectivity index (χ0n) is 17.3. The normalized spacial score (nSPS) is 18.4. The van der Waals surface area contributed by atoms with Gasteiger partial charge in [-0.3, -0.25) is 4.79 Å². The molecule has 1 aliphatic rings. The molecule has 3 amide bonds. The Morgan fingerprint density at radius 2 is 1.90 bits per heavy atom. The molecule has 2 aromatic rings. The van der Waals surface area contributed by atoms with E-state index in [0.717, 1.165) is 16.9 Å². The number of carbonyl (C=O) groups excluding carboxylic acids is 2. The van der Waals surface area contributed by atoms with Crippen molar-refractivity contribution in [2.24, 2.45) is 5.92 Å². The number of ether oxygens (including phenoxy) is 1. The molecule has 0 aliphatic carbocycles. The fourth-order valence-electron chi connectivity index (χ4n) is 3.91. The molecule has 2 atom stereocenters. The van der Waals surface area contributed by atoms with Crippen molar-refractivity contribution in [1.29, 1.82) is 0 Å². The number of nitrogens with zero attached hydrogens (tertiary/aromatic N) is 2. The zero-order valence-corrected chi connectivity index (χ0v) is 17.3. The van der Waals surface area contributed by atoms with Gasteiger partial charge in [0.25, 0.3) is 0 Å². The van der Waals surface area contributed by atoms with E-state index >= 15 is 0 Å². The molecule has 0 saturated carbocycles. The maximum absolute atomic E-state index is 13.4. The number of hydrogen-bond acceptors (Lipinski definition) is 3. The fraction of sp³-hybridized carbons (Fsp3) is 0.391. The van der Waals surface area contributed by atoms with E-state index in [0.29, 0.717) is 26.2 Å². The molecule has 0 spiro atoms. The van der Waals surface area contributed by atoms with Crippen LogP contribution in [-0.4, -0.2) is 55.5 Å². The Labute approximate surface area is 172 Å². The van der Waals surface area contributed by atoms with Gasteiger partial charge in [-0.25, -0.2) is 4.79 Å². The van der Waals surface area contributed by atoms with Crippen molar-refractivity contribution >= 4 is 11.9 Å². The number of carbonyl (C=O) groups is 2. The first-order chi connectivity index (χ1) is 14.0. The molecule has 2 aromatic carbocycles. The minimum Gasteiger partial charge on any atom is -0.497 e. The van der Waals surface area contributed by atoms with Gasteiger partial charge in [-0.15, -0.1) is 0 Å². The van der Waals surface area contributed by atoms with Crippen molar-refractivity contribution in [2.45, 2.75) is 19.4 Å². The van der Waals surface area contributed by atoms with Gasteiger partial charge in [-0.1, -0.05) is 42.5 Å². The Hall–Kier alpha value is -3.02. The van der Waals surface area contributed by atoms with E-state index in [1.165, 1.54) is 0 Å². The minimum absolute atomic E-state index is 0.0495. The lowest BCUT2D eigenvalue weighted by Crippen LogP contribution is -2.40. The van der Waals surface area contributed by atoms with Crippen molar-refractivity contribution in [3.63, 3.8) is 0 Å². The van der Waals surface area contributed by atoms with Crippen molar-refractivity contribution in [3.05, 3.63) is 65.7 Å². The van der Waals surface area contributed by atoms with E-state index in [4.69, 9.17) is 4.74 Å². The van der Waals surface area contributed by atoms with Gasteiger partial charge in [0.05, 0.1) is 13.0 Å².